The molecule has 0 atom stereocenters. The van der Waals surface area contributed by atoms with Gasteiger partial charge in [-0.15, -0.1) is 10.2 Å². The molecule has 0 bridgehead atoms. The molecule has 2 N–H and O–H groups in total. The van der Waals surface area contributed by atoms with Crippen LogP contribution < -0.4 is 16.3 Å². The summed E-state index contributed by atoms with van der Waals surface area (Å²) in [5.74, 6) is 6.25. The summed E-state index contributed by atoms with van der Waals surface area (Å²) in [4.78, 5) is 16.2. The minimum absolute atomic E-state index is 0.191. The van der Waals surface area contributed by atoms with Crippen LogP contribution in [0.3, 0.4) is 0 Å². The molecule has 0 radical (unpaired) electrons. The van der Waals surface area contributed by atoms with E-state index in [1.54, 1.807) is 0 Å². The van der Waals surface area contributed by atoms with Crippen LogP contribution in [0.2, 0.25) is 0 Å². The first-order valence-corrected chi connectivity index (χ1v) is 9.03. The summed E-state index contributed by atoms with van der Waals surface area (Å²) in [5, 5.41) is 7.80. The van der Waals surface area contributed by atoms with Crippen molar-refractivity contribution < 1.29 is 0 Å². The zero-order valence-electron chi connectivity index (χ0n) is 15.0. The molecule has 27 heavy (non-hydrogen) atoms. The van der Waals surface area contributed by atoms with E-state index >= 15 is 0 Å². The SMILES string of the molecule is Nn1c(N2CCN(C(c3ccccc3)c3ccccc3)CC2)nncc1=O. The normalized spacial score (nSPS) is 15.2. The van der Waals surface area contributed by atoms with Crippen molar-refractivity contribution in [3.63, 3.8) is 0 Å². The number of hydrogen-bond donors (Lipinski definition) is 1. The Kier molecular flexibility index (Phi) is 4.84. The fourth-order valence-corrected chi connectivity index (χ4v) is 3.62. The quantitative estimate of drug-likeness (QED) is 0.704. The average Bonchev–Trinajstić information content (AvgIpc) is 2.73. The smallest absolute Gasteiger partial charge is 0.292 e. The van der Waals surface area contributed by atoms with Crippen molar-refractivity contribution in [1.29, 1.82) is 0 Å². The summed E-state index contributed by atoms with van der Waals surface area (Å²) >= 11 is 0. The van der Waals surface area contributed by atoms with Gasteiger partial charge in [0.2, 0.25) is 5.95 Å². The van der Waals surface area contributed by atoms with Crippen molar-refractivity contribution in [2.24, 2.45) is 0 Å². The Morgan fingerprint density at radius 3 is 1.96 bits per heavy atom. The summed E-state index contributed by atoms with van der Waals surface area (Å²) in [6.07, 6.45) is 1.13. The van der Waals surface area contributed by atoms with E-state index in [2.05, 4.69) is 63.6 Å². The second-order valence-electron chi connectivity index (χ2n) is 6.60. The number of nitrogens with two attached hydrogens (primary N) is 1. The minimum Gasteiger partial charge on any atom is -0.337 e. The first-order valence-electron chi connectivity index (χ1n) is 9.03. The van der Waals surface area contributed by atoms with Crippen LogP contribution in [-0.2, 0) is 0 Å². The van der Waals surface area contributed by atoms with Crippen molar-refractivity contribution in [2.75, 3.05) is 36.9 Å². The van der Waals surface area contributed by atoms with E-state index in [0.717, 1.165) is 37.1 Å². The van der Waals surface area contributed by atoms with Gasteiger partial charge in [0.05, 0.1) is 6.04 Å². The summed E-state index contributed by atoms with van der Waals surface area (Å²) in [7, 11) is 0. The molecule has 0 spiro atoms. The predicted octanol–water partition coefficient (Wildman–Crippen LogP) is 1.26. The fraction of sp³-hybridized carbons (Fsp3) is 0.250. The first-order chi connectivity index (χ1) is 13.2. The number of nitrogens with zero attached hydrogens (tertiary/aromatic N) is 5. The van der Waals surface area contributed by atoms with Gasteiger partial charge in [-0.1, -0.05) is 60.7 Å². The number of anilines is 1. The van der Waals surface area contributed by atoms with Gasteiger partial charge in [-0.2, -0.15) is 4.68 Å². The van der Waals surface area contributed by atoms with Crippen LogP contribution in [0.5, 0.6) is 0 Å². The average molecular weight is 362 g/mol. The Labute approximate surface area is 157 Å². The van der Waals surface area contributed by atoms with Crippen LogP contribution >= 0.6 is 0 Å². The molecule has 1 aromatic heterocycles. The van der Waals surface area contributed by atoms with Crippen molar-refractivity contribution in [1.82, 2.24) is 19.8 Å². The van der Waals surface area contributed by atoms with Crippen LogP contribution in [0, 0.1) is 0 Å². The highest BCUT2D eigenvalue weighted by atomic mass is 16.1. The van der Waals surface area contributed by atoms with E-state index in [9.17, 15) is 4.79 Å². The largest absolute Gasteiger partial charge is 0.337 e. The lowest BCUT2D eigenvalue weighted by molar-refractivity contribution is 0.211. The molecule has 3 aromatic rings. The molecule has 7 nitrogen and oxygen atoms in total. The monoisotopic (exact) mass is 362 g/mol. The lowest BCUT2D eigenvalue weighted by Crippen LogP contribution is -2.50. The van der Waals surface area contributed by atoms with Gasteiger partial charge in [0.1, 0.15) is 6.20 Å². The Balaban J connectivity index is 1.57. The Hall–Kier alpha value is -3.19. The van der Waals surface area contributed by atoms with Crippen molar-refractivity contribution in [2.45, 2.75) is 6.04 Å². The molecule has 7 heteroatoms. The molecular formula is C20H22N6O. The van der Waals surface area contributed by atoms with Gasteiger partial charge in [0, 0.05) is 26.2 Å². The second kappa shape index (κ2) is 7.59. The lowest BCUT2D eigenvalue weighted by Gasteiger charge is -2.40. The fourth-order valence-electron chi connectivity index (χ4n) is 3.62. The summed E-state index contributed by atoms with van der Waals surface area (Å²) in [5.41, 5.74) is 2.19. The van der Waals surface area contributed by atoms with E-state index in [1.165, 1.54) is 11.1 Å². The highest BCUT2D eigenvalue weighted by Crippen LogP contribution is 2.29. The Morgan fingerprint density at radius 1 is 0.852 bits per heavy atom. The maximum Gasteiger partial charge on any atom is 0.292 e. The third kappa shape index (κ3) is 3.54. The molecule has 0 amide bonds. The van der Waals surface area contributed by atoms with Crippen molar-refractivity contribution in [3.8, 4) is 0 Å². The zero-order chi connectivity index (χ0) is 18.6. The number of hydrogen-bond acceptors (Lipinski definition) is 6. The van der Waals surface area contributed by atoms with Crippen LogP contribution in [0.1, 0.15) is 17.2 Å². The molecular weight excluding hydrogens is 340 g/mol. The summed E-state index contributed by atoms with van der Waals surface area (Å²) in [6.45, 7) is 3.12. The third-order valence-corrected chi connectivity index (χ3v) is 4.96. The minimum atomic E-state index is -0.353. The molecule has 0 aliphatic carbocycles. The van der Waals surface area contributed by atoms with Gasteiger partial charge in [-0.3, -0.25) is 9.69 Å². The molecule has 138 valence electrons. The number of benzene rings is 2. The molecule has 1 aliphatic heterocycles. The van der Waals surface area contributed by atoms with Gasteiger partial charge in [-0.25, -0.2) is 0 Å². The topological polar surface area (TPSA) is 80.3 Å². The maximum absolute atomic E-state index is 11.7. The van der Waals surface area contributed by atoms with Crippen LogP contribution in [-0.4, -0.2) is 46.0 Å². The highest BCUT2D eigenvalue weighted by molar-refractivity contribution is 5.34. The van der Waals surface area contributed by atoms with Crippen LogP contribution in [0.4, 0.5) is 5.95 Å². The van der Waals surface area contributed by atoms with Gasteiger partial charge in [0.25, 0.3) is 5.56 Å². The second-order valence-corrected chi connectivity index (χ2v) is 6.60. The van der Waals surface area contributed by atoms with E-state index in [0.29, 0.717) is 5.95 Å². The van der Waals surface area contributed by atoms with Gasteiger partial charge in [-0.05, 0) is 11.1 Å². The molecule has 4 rings (SSSR count). The molecule has 2 heterocycles. The standard InChI is InChI=1S/C20H22N6O/c21-26-18(27)15-22-23-20(26)25-13-11-24(12-14-25)19(16-7-3-1-4-8-16)17-9-5-2-6-10-17/h1-10,15,19H,11-14,21H2. The molecule has 1 aliphatic rings. The highest BCUT2D eigenvalue weighted by Gasteiger charge is 2.27. The molecule has 1 saturated heterocycles. The number of piperazine rings is 1. The van der Waals surface area contributed by atoms with Gasteiger partial charge < -0.3 is 10.7 Å². The van der Waals surface area contributed by atoms with Crippen molar-refractivity contribution in [3.05, 3.63) is 88.3 Å². The molecule has 1 fully saturated rings. The van der Waals surface area contributed by atoms with Crippen LogP contribution in [0.15, 0.2) is 71.7 Å². The Bertz CT molecular complexity index is 896. The zero-order valence-corrected chi connectivity index (χ0v) is 15.0. The van der Waals surface area contributed by atoms with E-state index < -0.39 is 0 Å². The number of rotatable bonds is 4. The molecule has 2 aromatic carbocycles. The molecule has 0 unspecified atom stereocenters. The summed E-state index contributed by atoms with van der Waals surface area (Å²) in [6, 6.07) is 21.3. The number of aromatic nitrogens is 3. The first kappa shape index (κ1) is 17.2. The Morgan fingerprint density at radius 2 is 1.41 bits per heavy atom. The predicted molar refractivity (Wildman–Crippen MR) is 105 cm³/mol. The van der Waals surface area contributed by atoms with Gasteiger partial charge >= 0.3 is 0 Å². The lowest BCUT2D eigenvalue weighted by atomic mass is 9.96. The summed E-state index contributed by atoms with van der Waals surface area (Å²) < 4.78 is 1.06. The van der Waals surface area contributed by atoms with E-state index in [-0.39, 0.29) is 11.6 Å². The maximum atomic E-state index is 11.7. The number of nitrogen functional groups attached to an aromatic ring is 1. The van der Waals surface area contributed by atoms with Crippen LogP contribution in [0.25, 0.3) is 0 Å². The molecule has 0 saturated carbocycles. The van der Waals surface area contributed by atoms with E-state index in [4.69, 9.17) is 5.84 Å². The van der Waals surface area contributed by atoms with Gasteiger partial charge in [0.15, 0.2) is 0 Å². The van der Waals surface area contributed by atoms with E-state index in [1.807, 2.05) is 17.0 Å². The third-order valence-electron chi connectivity index (χ3n) is 4.96. The van der Waals surface area contributed by atoms with Crippen molar-refractivity contribution >= 4 is 5.95 Å².